The number of rotatable bonds is 4. The third-order valence-electron chi connectivity index (χ3n) is 5.31. The fourth-order valence-corrected chi connectivity index (χ4v) is 4.65. The minimum Gasteiger partial charge on any atom is -0.493 e. The fourth-order valence-electron chi connectivity index (χ4n) is 3.56. The largest absolute Gasteiger partial charge is 0.493 e. The number of piperidine rings is 1. The molecule has 1 saturated heterocycles. The van der Waals surface area contributed by atoms with Crippen molar-refractivity contribution in [2.45, 2.75) is 37.0 Å². The first-order chi connectivity index (χ1) is 12.4. The highest BCUT2D eigenvalue weighted by Crippen LogP contribution is 2.32. The topological polar surface area (TPSA) is 92.8 Å². The lowest BCUT2D eigenvalue weighted by molar-refractivity contribution is -0.136. The Morgan fingerprint density at radius 2 is 1.81 bits per heavy atom. The van der Waals surface area contributed by atoms with Crippen molar-refractivity contribution in [1.29, 1.82) is 0 Å². The molecule has 0 aromatic heterocycles. The minimum absolute atomic E-state index is 0.0800. The van der Waals surface area contributed by atoms with Crippen LogP contribution in [-0.2, 0) is 26.0 Å². The number of carbonyl (C=O) groups excluding carboxylic acids is 2. The molecule has 4 rings (SSSR count). The molecule has 8 heteroatoms. The zero-order valence-corrected chi connectivity index (χ0v) is 15.3. The van der Waals surface area contributed by atoms with E-state index in [1.807, 2.05) is 0 Å². The summed E-state index contributed by atoms with van der Waals surface area (Å²) in [7, 11) is -3.90. The second-order valence-electron chi connectivity index (χ2n) is 7.21. The standard InChI is InChI=1S/C18H22N2O5S/c21-17(12-5-8-20(9-6-12)18(22)13-1-2-13)19-26(23,24)15-3-4-16-14(11-15)7-10-25-16/h3-4,11-13H,1-2,5-10H2,(H,19,21). The van der Waals surface area contributed by atoms with Crippen LogP contribution in [0.5, 0.6) is 5.75 Å². The first kappa shape index (κ1) is 17.3. The van der Waals surface area contributed by atoms with Crippen LogP contribution in [0.4, 0.5) is 0 Å². The molecule has 0 spiro atoms. The summed E-state index contributed by atoms with van der Waals surface area (Å²) < 4.78 is 32.6. The molecule has 1 aliphatic carbocycles. The van der Waals surface area contributed by atoms with Gasteiger partial charge in [-0.15, -0.1) is 0 Å². The Morgan fingerprint density at radius 1 is 1.08 bits per heavy atom. The van der Waals surface area contributed by atoms with Crippen LogP contribution in [0.15, 0.2) is 23.1 Å². The van der Waals surface area contributed by atoms with Crippen LogP contribution < -0.4 is 9.46 Å². The van der Waals surface area contributed by atoms with E-state index in [1.165, 1.54) is 6.07 Å². The van der Waals surface area contributed by atoms with Crippen LogP contribution in [0.25, 0.3) is 0 Å². The smallest absolute Gasteiger partial charge is 0.264 e. The van der Waals surface area contributed by atoms with E-state index in [0.717, 1.165) is 18.4 Å². The molecule has 0 atom stereocenters. The van der Waals surface area contributed by atoms with E-state index in [-0.39, 0.29) is 22.6 Å². The highest BCUT2D eigenvalue weighted by molar-refractivity contribution is 7.90. The molecule has 3 aliphatic rings. The molecule has 1 N–H and O–H groups in total. The molecule has 2 fully saturated rings. The van der Waals surface area contributed by atoms with Crippen molar-refractivity contribution in [3.05, 3.63) is 23.8 Å². The number of carbonyl (C=O) groups is 2. The van der Waals surface area contributed by atoms with Crippen molar-refractivity contribution < 1.29 is 22.7 Å². The molecule has 0 bridgehead atoms. The maximum absolute atomic E-state index is 12.5. The van der Waals surface area contributed by atoms with Gasteiger partial charge in [0.15, 0.2) is 0 Å². The van der Waals surface area contributed by atoms with Gasteiger partial charge in [-0.3, -0.25) is 9.59 Å². The molecule has 1 aromatic rings. The molecule has 0 radical (unpaired) electrons. The van der Waals surface area contributed by atoms with Gasteiger partial charge >= 0.3 is 0 Å². The predicted octanol–water partition coefficient (Wildman–Crippen LogP) is 1.07. The van der Waals surface area contributed by atoms with Crippen LogP contribution in [0.3, 0.4) is 0 Å². The van der Waals surface area contributed by atoms with Crippen molar-refractivity contribution >= 4 is 21.8 Å². The van der Waals surface area contributed by atoms with Crippen molar-refractivity contribution in [2.75, 3.05) is 19.7 Å². The predicted molar refractivity (Wildman–Crippen MR) is 93.0 cm³/mol. The second-order valence-corrected chi connectivity index (χ2v) is 8.89. The summed E-state index contributed by atoms with van der Waals surface area (Å²) in [6.07, 6.45) is 3.59. The summed E-state index contributed by atoms with van der Waals surface area (Å²) >= 11 is 0. The molecular formula is C18H22N2O5S. The zero-order chi connectivity index (χ0) is 18.3. The molecule has 7 nitrogen and oxygen atoms in total. The van der Waals surface area contributed by atoms with Gasteiger partial charge in [-0.1, -0.05) is 0 Å². The summed E-state index contributed by atoms with van der Waals surface area (Å²) in [5.41, 5.74) is 0.840. The quantitative estimate of drug-likeness (QED) is 0.846. The first-order valence-corrected chi connectivity index (χ1v) is 10.5. The van der Waals surface area contributed by atoms with E-state index in [4.69, 9.17) is 4.74 Å². The zero-order valence-electron chi connectivity index (χ0n) is 14.4. The number of sulfonamides is 1. The number of amides is 2. The third kappa shape index (κ3) is 3.42. The summed E-state index contributed by atoms with van der Waals surface area (Å²) in [6.45, 7) is 1.58. The number of nitrogens with one attached hydrogen (secondary N) is 1. The van der Waals surface area contributed by atoms with Crippen molar-refractivity contribution in [3.63, 3.8) is 0 Å². The molecular weight excluding hydrogens is 356 g/mol. The lowest BCUT2D eigenvalue weighted by atomic mass is 9.96. The van der Waals surface area contributed by atoms with E-state index in [0.29, 0.717) is 44.7 Å². The summed E-state index contributed by atoms with van der Waals surface area (Å²) in [5.74, 6) is 0.176. The highest BCUT2D eigenvalue weighted by atomic mass is 32.2. The maximum atomic E-state index is 12.5. The van der Waals surface area contributed by atoms with E-state index in [9.17, 15) is 18.0 Å². The Hall–Kier alpha value is -2.09. The second kappa shape index (κ2) is 6.57. The van der Waals surface area contributed by atoms with Gasteiger partial charge in [0, 0.05) is 31.3 Å². The molecule has 26 heavy (non-hydrogen) atoms. The molecule has 1 saturated carbocycles. The molecule has 2 amide bonds. The summed E-state index contributed by atoms with van der Waals surface area (Å²) in [4.78, 5) is 26.4. The molecule has 0 unspecified atom stereocenters. The minimum atomic E-state index is -3.90. The fraction of sp³-hybridized carbons (Fsp3) is 0.556. The first-order valence-electron chi connectivity index (χ1n) is 9.05. The number of benzene rings is 1. The third-order valence-corrected chi connectivity index (χ3v) is 6.65. The van der Waals surface area contributed by atoms with Gasteiger partial charge < -0.3 is 9.64 Å². The van der Waals surface area contributed by atoms with Crippen molar-refractivity contribution in [2.24, 2.45) is 11.8 Å². The van der Waals surface area contributed by atoms with Crippen LogP contribution >= 0.6 is 0 Å². The van der Waals surface area contributed by atoms with Gasteiger partial charge in [0.2, 0.25) is 11.8 Å². The highest BCUT2D eigenvalue weighted by Gasteiger charge is 2.36. The number of hydrogen-bond donors (Lipinski definition) is 1. The summed E-state index contributed by atoms with van der Waals surface area (Å²) in [5, 5.41) is 0. The van der Waals surface area contributed by atoms with E-state index in [1.54, 1.807) is 17.0 Å². The number of nitrogens with zero attached hydrogens (tertiary/aromatic N) is 1. The number of fused-ring (bicyclic) bond motifs is 1. The van der Waals surface area contributed by atoms with Gasteiger partial charge in [-0.05, 0) is 49.4 Å². The summed E-state index contributed by atoms with van der Waals surface area (Å²) in [6, 6.07) is 4.65. The van der Waals surface area contributed by atoms with Crippen LogP contribution in [0.2, 0.25) is 0 Å². The number of likely N-dealkylation sites (tertiary alicyclic amines) is 1. The Bertz CT molecular complexity index is 839. The lowest BCUT2D eigenvalue weighted by Gasteiger charge is -2.31. The van der Waals surface area contributed by atoms with E-state index in [2.05, 4.69) is 4.72 Å². The lowest BCUT2D eigenvalue weighted by Crippen LogP contribution is -2.44. The SMILES string of the molecule is O=C(NS(=O)(=O)c1ccc2c(c1)CCO2)C1CCN(C(=O)C2CC2)CC1. The van der Waals surface area contributed by atoms with Crippen LogP contribution in [-0.4, -0.2) is 44.8 Å². The molecule has 1 aromatic carbocycles. The molecule has 2 heterocycles. The Kier molecular flexibility index (Phi) is 4.38. The van der Waals surface area contributed by atoms with Gasteiger partial charge in [0.05, 0.1) is 11.5 Å². The molecule has 140 valence electrons. The van der Waals surface area contributed by atoms with Crippen molar-refractivity contribution in [3.8, 4) is 5.75 Å². The Morgan fingerprint density at radius 3 is 2.50 bits per heavy atom. The van der Waals surface area contributed by atoms with Gasteiger partial charge in [0.25, 0.3) is 10.0 Å². The van der Waals surface area contributed by atoms with E-state index < -0.39 is 15.9 Å². The van der Waals surface area contributed by atoms with E-state index >= 15 is 0 Å². The number of ether oxygens (including phenoxy) is 1. The Labute approximate surface area is 152 Å². The molecule has 2 aliphatic heterocycles. The van der Waals surface area contributed by atoms with Crippen molar-refractivity contribution in [1.82, 2.24) is 9.62 Å². The average Bonchev–Trinajstić information content (AvgIpc) is 3.37. The van der Waals surface area contributed by atoms with Gasteiger partial charge in [0.1, 0.15) is 5.75 Å². The normalized spacial score (nSPS) is 20.4. The number of hydrogen-bond acceptors (Lipinski definition) is 5. The van der Waals surface area contributed by atoms with Crippen LogP contribution in [0, 0.1) is 11.8 Å². The maximum Gasteiger partial charge on any atom is 0.264 e. The van der Waals surface area contributed by atoms with Gasteiger partial charge in [-0.25, -0.2) is 13.1 Å². The Balaban J connectivity index is 1.37. The van der Waals surface area contributed by atoms with Gasteiger partial charge in [-0.2, -0.15) is 0 Å². The van der Waals surface area contributed by atoms with Crippen LogP contribution in [0.1, 0.15) is 31.2 Å². The monoisotopic (exact) mass is 378 g/mol. The average molecular weight is 378 g/mol.